The first-order chi connectivity index (χ1) is 9.68. The average molecular weight is 272 g/mol. The summed E-state index contributed by atoms with van der Waals surface area (Å²) in [5, 5.41) is 0. The number of hydrogen-bond acceptors (Lipinski definition) is 1. The summed E-state index contributed by atoms with van der Waals surface area (Å²) in [6, 6.07) is 10.2. The minimum atomic E-state index is -0.449. The molecule has 2 aromatic rings. The molecule has 20 heavy (non-hydrogen) atoms. The summed E-state index contributed by atoms with van der Waals surface area (Å²) >= 11 is 0. The average Bonchev–Trinajstić information content (AvgIpc) is 3.06. The standard InChI is InChI=1S/C16H17FN2O/c1-18-10-4-8-14(18)15-9-5-11-19(15)16(20)12-6-2-3-7-13(12)17/h2-4,6-8,10,15H,5,9,11H2,1H3. The highest BCUT2D eigenvalue weighted by Crippen LogP contribution is 2.33. The fraction of sp³-hybridized carbons (Fsp3) is 0.312. The molecule has 1 unspecified atom stereocenters. The first-order valence-corrected chi connectivity index (χ1v) is 6.85. The van der Waals surface area contributed by atoms with Gasteiger partial charge in [-0.15, -0.1) is 0 Å². The van der Waals surface area contributed by atoms with Crippen molar-refractivity contribution in [3.8, 4) is 0 Å². The Kier molecular flexibility index (Phi) is 3.30. The minimum Gasteiger partial charge on any atom is -0.353 e. The molecule has 104 valence electrons. The van der Waals surface area contributed by atoms with Gasteiger partial charge in [0.15, 0.2) is 0 Å². The molecule has 4 heteroatoms. The molecule has 0 aliphatic carbocycles. The van der Waals surface area contributed by atoms with E-state index < -0.39 is 5.82 Å². The predicted octanol–water partition coefficient (Wildman–Crippen LogP) is 3.14. The molecular formula is C16H17FN2O. The van der Waals surface area contributed by atoms with Crippen molar-refractivity contribution >= 4 is 5.91 Å². The lowest BCUT2D eigenvalue weighted by Gasteiger charge is -2.25. The molecule has 1 aromatic heterocycles. The number of aromatic nitrogens is 1. The van der Waals surface area contributed by atoms with Gasteiger partial charge in [0.05, 0.1) is 11.6 Å². The highest BCUT2D eigenvalue weighted by Gasteiger charge is 2.32. The van der Waals surface area contributed by atoms with Gasteiger partial charge < -0.3 is 9.47 Å². The zero-order valence-electron chi connectivity index (χ0n) is 11.4. The number of aryl methyl sites for hydroxylation is 1. The molecule has 0 bridgehead atoms. The number of carbonyl (C=O) groups excluding carboxylic acids is 1. The van der Waals surface area contributed by atoms with Crippen molar-refractivity contribution in [2.45, 2.75) is 18.9 Å². The van der Waals surface area contributed by atoms with E-state index in [0.717, 1.165) is 18.5 Å². The van der Waals surface area contributed by atoms with Gasteiger partial charge >= 0.3 is 0 Å². The predicted molar refractivity (Wildman–Crippen MR) is 74.8 cm³/mol. The number of benzene rings is 1. The van der Waals surface area contributed by atoms with Gasteiger partial charge in [-0.25, -0.2) is 4.39 Å². The Labute approximate surface area is 117 Å². The van der Waals surface area contributed by atoms with Crippen LogP contribution in [0.3, 0.4) is 0 Å². The summed E-state index contributed by atoms with van der Waals surface area (Å²) < 4.78 is 15.8. The van der Waals surface area contributed by atoms with Gasteiger partial charge in [0.2, 0.25) is 0 Å². The zero-order valence-corrected chi connectivity index (χ0v) is 11.4. The van der Waals surface area contributed by atoms with Crippen molar-refractivity contribution in [2.24, 2.45) is 7.05 Å². The molecule has 1 aromatic carbocycles. The van der Waals surface area contributed by atoms with Crippen molar-refractivity contribution < 1.29 is 9.18 Å². The molecule has 3 nitrogen and oxygen atoms in total. The van der Waals surface area contributed by atoms with E-state index in [1.807, 2.05) is 29.9 Å². The van der Waals surface area contributed by atoms with Gasteiger partial charge in [0, 0.05) is 25.5 Å². The van der Waals surface area contributed by atoms with Gasteiger partial charge in [-0.1, -0.05) is 12.1 Å². The SMILES string of the molecule is Cn1cccc1C1CCCN1C(=O)c1ccccc1F. The number of hydrogen-bond donors (Lipinski definition) is 0. The van der Waals surface area contributed by atoms with Gasteiger partial charge in [0.25, 0.3) is 5.91 Å². The Morgan fingerprint density at radius 1 is 1.25 bits per heavy atom. The fourth-order valence-corrected chi connectivity index (χ4v) is 2.93. The number of nitrogens with zero attached hydrogens (tertiary/aromatic N) is 2. The molecule has 1 aliphatic rings. The van der Waals surface area contributed by atoms with Crippen molar-refractivity contribution in [2.75, 3.05) is 6.54 Å². The van der Waals surface area contributed by atoms with E-state index in [0.29, 0.717) is 6.54 Å². The molecule has 2 heterocycles. The van der Waals surface area contributed by atoms with Gasteiger partial charge in [-0.3, -0.25) is 4.79 Å². The van der Waals surface area contributed by atoms with E-state index in [-0.39, 0.29) is 17.5 Å². The van der Waals surface area contributed by atoms with Crippen LogP contribution in [0.2, 0.25) is 0 Å². The van der Waals surface area contributed by atoms with Crippen LogP contribution in [0, 0.1) is 5.82 Å². The van der Waals surface area contributed by atoms with Crippen LogP contribution >= 0.6 is 0 Å². The highest BCUT2D eigenvalue weighted by atomic mass is 19.1. The number of rotatable bonds is 2. The molecule has 1 fully saturated rings. The smallest absolute Gasteiger partial charge is 0.257 e. The molecule has 0 saturated carbocycles. The van der Waals surface area contributed by atoms with Crippen LogP contribution in [0.25, 0.3) is 0 Å². The lowest BCUT2D eigenvalue weighted by Crippen LogP contribution is -2.32. The van der Waals surface area contributed by atoms with Crippen molar-refractivity contribution in [1.82, 2.24) is 9.47 Å². The second kappa shape index (κ2) is 5.12. The lowest BCUT2D eigenvalue weighted by molar-refractivity contribution is 0.0726. The van der Waals surface area contributed by atoms with E-state index in [1.165, 1.54) is 6.07 Å². The van der Waals surface area contributed by atoms with Crippen LogP contribution < -0.4 is 0 Å². The third kappa shape index (κ3) is 2.11. The maximum Gasteiger partial charge on any atom is 0.257 e. The van der Waals surface area contributed by atoms with E-state index in [4.69, 9.17) is 0 Å². The topological polar surface area (TPSA) is 25.2 Å². The molecular weight excluding hydrogens is 255 g/mol. The zero-order chi connectivity index (χ0) is 14.1. The first-order valence-electron chi connectivity index (χ1n) is 6.85. The molecule has 1 saturated heterocycles. The summed E-state index contributed by atoms with van der Waals surface area (Å²) in [6.07, 6.45) is 3.85. The fourth-order valence-electron chi connectivity index (χ4n) is 2.93. The summed E-state index contributed by atoms with van der Waals surface area (Å²) in [6.45, 7) is 0.684. The molecule has 0 radical (unpaired) electrons. The van der Waals surface area contributed by atoms with Crippen LogP contribution in [0.4, 0.5) is 4.39 Å². The summed E-state index contributed by atoms with van der Waals surface area (Å²) in [5.74, 6) is -0.665. The molecule has 0 N–H and O–H groups in total. The minimum absolute atomic E-state index is 0.0436. The third-order valence-electron chi connectivity index (χ3n) is 3.94. The Morgan fingerprint density at radius 3 is 2.75 bits per heavy atom. The number of halogens is 1. The summed E-state index contributed by atoms with van der Waals surface area (Å²) in [5.41, 5.74) is 1.26. The molecule has 1 amide bonds. The van der Waals surface area contributed by atoms with Crippen molar-refractivity contribution in [3.05, 3.63) is 59.7 Å². The second-order valence-corrected chi connectivity index (χ2v) is 5.18. The largest absolute Gasteiger partial charge is 0.353 e. The van der Waals surface area contributed by atoms with Crippen LogP contribution in [-0.4, -0.2) is 21.9 Å². The quantitative estimate of drug-likeness (QED) is 0.824. The van der Waals surface area contributed by atoms with E-state index >= 15 is 0 Å². The number of likely N-dealkylation sites (tertiary alicyclic amines) is 1. The Morgan fingerprint density at radius 2 is 2.05 bits per heavy atom. The molecule has 0 spiro atoms. The van der Waals surface area contributed by atoms with E-state index in [1.54, 1.807) is 23.1 Å². The monoisotopic (exact) mass is 272 g/mol. The highest BCUT2D eigenvalue weighted by molar-refractivity contribution is 5.94. The normalized spacial score (nSPS) is 18.5. The summed E-state index contributed by atoms with van der Waals surface area (Å²) in [4.78, 5) is 14.3. The van der Waals surface area contributed by atoms with Gasteiger partial charge in [0.1, 0.15) is 5.82 Å². The van der Waals surface area contributed by atoms with Crippen LogP contribution in [0.1, 0.15) is 34.9 Å². The second-order valence-electron chi connectivity index (χ2n) is 5.18. The number of carbonyl (C=O) groups is 1. The van der Waals surface area contributed by atoms with E-state index in [2.05, 4.69) is 0 Å². The van der Waals surface area contributed by atoms with Crippen LogP contribution in [0.5, 0.6) is 0 Å². The third-order valence-corrected chi connectivity index (χ3v) is 3.94. The van der Waals surface area contributed by atoms with E-state index in [9.17, 15) is 9.18 Å². The Hall–Kier alpha value is -2.10. The van der Waals surface area contributed by atoms with Crippen molar-refractivity contribution in [3.63, 3.8) is 0 Å². The molecule has 3 rings (SSSR count). The lowest BCUT2D eigenvalue weighted by atomic mass is 10.1. The van der Waals surface area contributed by atoms with Crippen molar-refractivity contribution in [1.29, 1.82) is 0 Å². The van der Waals surface area contributed by atoms with Crippen LogP contribution in [-0.2, 0) is 7.05 Å². The summed E-state index contributed by atoms with van der Waals surface area (Å²) in [7, 11) is 1.97. The molecule has 1 atom stereocenters. The maximum absolute atomic E-state index is 13.8. The van der Waals surface area contributed by atoms with Gasteiger partial charge in [-0.05, 0) is 37.1 Å². The molecule has 1 aliphatic heterocycles. The maximum atomic E-state index is 13.8. The number of amides is 1. The van der Waals surface area contributed by atoms with Crippen LogP contribution in [0.15, 0.2) is 42.6 Å². The Balaban J connectivity index is 1.92. The van der Waals surface area contributed by atoms with Gasteiger partial charge in [-0.2, -0.15) is 0 Å². The Bertz CT molecular complexity index is 635. The first kappa shape index (κ1) is 12.9.